The van der Waals surface area contributed by atoms with E-state index in [4.69, 9.17) is 14.5 Å². The lowest BCUT2D eigenvalue weighted by Crippen LogP contribution is -2.30. The molecule has 0 spiro atoms. The van der Waals surface area contributed by atoms with Crippen molar-refractivity contribution in [3.63, 3.8) is 0 Å². The third-order valence-electron chi connectivity index (χ3n) is 5.14. The first kappa shape index (κ1) is 21.4. The van der Waals surface area contributed by atoms with Crippen molar-refractivity contribution in [2.75, 3.05) is 13.3 Å². The number of aliphatic imine (C=N–C) groups is 1. The Kier molecular flexibility index (Phi) is 6.79. The Hall–Kier alpha value is -1.85. The Morgan fingerprint density at radius 2 is 2.07 bits per heavy atom. The van der Waals surface area contributed by atoms with Crippen LogP contribution in [0.25, 0.3) is 11.0 Å². The van der Waals surface area contributed by atoms with E-state index in [9.17, 15) is 0 Å². The van der Waals surface area contributed by atoms with E-state index >= 15 is 0 Å². The molecule has 1 aliphatic rings. The molecule has 3 heterocycles. The molecule has 0 saturated heterocycles. The number of ether oxygens (including phenoxy) is 2. The van der Waals surface area contributed by atoms with Crippen LogP contribution in [0.4, 0.5) is 5.82 Å². The van der Waals surface area contributed by atoms with E-state index in [0.29, 0.717) is 11.9 Å². The summed E-state index contributed by atoms with van der Waals surface area (Å²) >= 11 is 3.94. The summed E-state index contributed by atoms with van der Waals surface area (Å²) in [5.41, 5.74) is 1.78. The molecule has 158 valence electrons. The second kappa shape index (κ2) is 9.52. The molecule has 0 atom stereocenters. The quantitative estimate of drug-likeness (QED) is 0.305. The summed E-state index contributed by atoms with van der Waals surface area (Å²) in [6.45, 7) is 10.0. The minimum absolute atomic E-state index is 0.264. The average Bonchev–Trinajstić information content (AvgIpc) is 3.35. The maximum atomic E-state index is 5.56. The van der Waals surface area contributed by atoms with Crippen LogP contribution in [0.15, 0.2) is 39.4 Å². The lowest BCUT2D eigenvalue weighted by atomic mass is 10.2. The van der Waals surface area contributed by atoms with E-state index in [2.05, 4.69) is 63.0 Å². The number of fused-ring (bicyclic) bond motifs is 2. The monoisotopic (exact) mass is 537 g/mol. The van der Waals surface area contributed by atoms with Crippen LogP contribution in [-0.2, 0) is 6.54 Å². The normalized spacial score (nSPS) is 12.8. The van der Waals surface area contributed by atoms with Gasteiger partial charge in [0.15, 0.2) is 22.5 Å². The number of hydrogen-bond donors (Lipinski definition) is 1. The first-order valence-corrected chi connectivity index (χ1v) is 11.9. The Morgan fingerprint density at radius 1 is 1.30 bits per heavy atom. The van der Waals surface area contributed by atoms with Crippen LogP contribution < -0.4 is 14.8 Å². The molecule has 1 aromatic carbocycles. The fraction of sp³-hybridized carbons (Fsp3) is 0.381. The number of hydrogen-bond acceptors (Lipinski definition) is 7. The van der Waals surface area contributed by atoms with Gasteiger partial charge in [-0.2, -0.15) is 0 Å². The maximum absolute atomic E-state index is 5.56. The molecule has 0 radical (unpaired) electrons. The molecule has 0 saturated carbocycles. The summed E-state index contributed by atoms with van der Waals surface area (Å²) in [6, 6.07) is 6.54. The summed E-state index contributed by atoms with van der Waals surface area (Å²) in [4.78, 5) is 14.3. The Bertz CT molecular complexity index is 1070. The highest BCUT2D eigenvalue weighted by atomic mass is 127. The lowest BCUT2D eigenvalue weighted by Gasteiger charge is -2.16. The van der Waals surface area contributed by atoms with Gasteiger partial charge in [0.1, 0.15) is 5.52 Å². The minimum atomic E-state index is 0.264. The molecule has 1 aliphatic heterocycles. The van der Waals surface area contributed by atoms with Crippen molar-refractivity contribution in [2.24, 2.45) is 4.99 Å². The molecule has 4 rings (SSSR count). The van der Waals surface area contributed by atoms with Gasteiger partial charge in [-0.05, 0) is 60.3 Å². The highest BCUT2D eigenvalue weighted by molar-refractivity contribution is 14.1. The molecule has 9 heteroatoms. The van der Waals surface area contributed by atoms with E-state index < -0.39 is 0 Å². The number of halogens is 1. The Labute approximate surface area is 193 Å². The van der Waals surface area contributed by atoms with Crippen molar-refractivity contribution < 1.29 is 9.47 Å². The summed E-state index contributed by atoms with van der Waals surface area (Å²) < 4.78 is 14.4. The van der Waals surface area contributed by atoms with Gasteiger partial charge in [0.05, 0.1) is 5.52 Å². The van der Waals surface area contributed by atoms with E-state index in [1.54, 1.807) is 18.0 Å². The van der Waals surface area contributed by atoms with Crippen LogP contribution in [0.5, 0.6) is 11.5 Å². The van der Waals surface area contributed by atoms with Gasteiger partial charge in [-0.25, -0.2) is 15.0 Å². The van der Waals surface area contributed by atoms with Crippen molar-refractivity contribution in [1.82, 2.24) is 19.9 Å². The first-order valence-electron chi connectivity index (χ1n) is 9.96. The topological polar surface area (TPSA) is 73.6 Å². The third kappa shape index (κ3) is 4.28. The summed E-state index contributed by atoms with van der Waals surface area (Å²) in [6.07, 6.45) is 4.00. The van der Waals surface area contributed by atoms with E-state index in [-0.39, 0.29) is 6.79 Å². The van der Waals surface area contributed by atoms with Gasteiger partial charge in [0.25, 0.3) is 0 Å². The van der Waals surface area contributed by atoms with Gasteiger partial charge in [-0.1, -0.05) is 25.6 Å². The summed E-state index contributed by atoms with van der Waals surface area (Å²) in [7, 11) is 0. The van der Waals surface area contributed by atoms with Crippen molar-refractivity contribution >= 4 is 57.9 Å². The molecular formula is C21H24IN5O2S. The van der Waals surface area contributed by atoms with Crippen LogP contribution in [0.1, 0.15) is 26.7 Å². The van der Waals surface area contributed by atoms with Crippen LogP contribution in [0.2, 0.25) is 0 Å². The molecule has 1 N–H and O–H groups in total. The molecule has 3 aromatic rings. The first-order chi connectivity index (χ1) is 14.6. The molecule has 0 unspecified atom stereocenters. The molecule has 2 aromatic heterocycles. The van der Waals surface area contributed by atoms with Gasteiger partial charge in [0, 0.05) is 33.8 Å². The molecule has 0 aliphatic carbocycles. The van der Waals surface area contributed by atoms with Gasteiger partial charge >= 0.3 is 0 Å². The van der Waals surface area contributed by atoms with Gasteiger partial charge < -0.3 is 19.4 Å². The lowest BCUT2D eigenvalue weighted by molar-refractivity contribution is 0.174. The zero-order chi connectivity index (χ0) is 21.1. The number of nitrogens with one attached hydrogen (secondary N) is 1. The number of aromatic nitrogens is 3. The predicted octanol–water partition coefficient (Wildman–Crippen LogP) is 5.03. The largest absolute Gasteiger partial charge is 0.454 e. The van der Waals surface area contributed by atoms with Crippen LogP contribution in [0.3, 0.4) is 0 Å². The molecule has 30 heavy (non-hydrogen) atoms. The fourth-order valence-corrected chi connectivity index (χ4v) is 5.18. The third-order valence-corrected chi connectivity index (χ3v) is 7.46. The zero-order valence-corrected chi connectivity index (χ0v) is 20.0. The SMILES string of the molecule is C=Nc1nccc2c1nc(Sc1cc3c(cc1I)OCO3)n2CCNC(CC)CC. The van der Waals surface area contributed by atoms with Crippen molar-refractivity contribution in [1.29, 1.82) is 0 Å². The molecule has 0 amide bonds. The molecule has 7 nitrogen and oxygen atoms in total. The van der Waals surface area contributed by atoms with Crippen LogP contribution in [-0.4, -0.2) is 40.6 Å². The molecular weight excluding hydrogens is 513 g/mol. The smallest absolute Gasteiger partial charge is 0.231 e. The zero-order valence-electron chi connectivity index (χ0n) is 17.0. The number of nitrogens with zero attached hydrogens (tertiary/aromatic N) is 4. The second-order valence-electron chi connectivity index (χ2n) is 6.91. The van der Waals surface area contributed by atoms with E-state index in [1.807, 2.05) is 18.2 Å². The van der Waals surface area contributed by atoms with Crippen molar-refractivity contribution in [3.8, 4) is 11.5 Å². The Morgan fingerprint density at radius 3 is 2.80 bits per heavy atom. The molecule has 0 fully saturated rings. The number of rotatable bonds is 9. The average molecular weight is 537 g/mol. The van der Waals surface area contributed by atoms with E-state index in [0.717, 1.165) is 62.1 Å². The standard InChI is InChI=1S/C21H24IN5O2S/c1-4-13(5-2)24-8-9-27-15-6-7-25-20(23-3)19(15)26-21(27)30-18-11-17-16(10-14(18)22)28-12-29-17/h6-7,10-11,13,24H,3-5,8-9,12H2,1-2H3. The minimum Gasteiger partial charge on any atom is -0.454 e. The number of benzene rings is 1. The second-order valence-corrected chi connectivity index (χ2v) is 9.08. The number of imidazole rings is 1. The fourth-order valence-electron chi connectivity index (χ4n) is 3.46. The van der Waals surface area contributed by atoms with E-state index in [1.165, 1.54) is 0 Å². The van der Waals surface area contributed by atoms with Gasteiger partial charge in [-0.3, -0.25) is 0 Å². The van der Waals surface area contributed by atoms with Gasteiger partial charge in [-0.15, -0.1) is 0 Å². The van der Waals surface area contributed by atoms with Crippen LogP contribution >= 0.6 is 34.4 Å². The highest BCUT2D eigenvalue weighted by Crippen LogP contribution is 2.41. The maximum Gasteiger partial charge on any atom is 0.231 e. The number of pyridine rings is 1. The van der Waals surface area contributed by atoms with Crippen LogP contribution in [0, 0.1) is 3.57 Å². The summed E-state index contributed by atoms with van der Waals surface area (Å²) in [5, 5.41) is 4.53. The van der Waals surface area contributed by atoms with Crippen molar-refractivity contribution in [3.05, 3.63) is 28.0 Å². The molecule has 0 bridgehead atoms. The Balaban J connectivity index is 1.68. The summed E-state index contributed by atoms with van der Waals surface area (Å²) in [5.74, 6) is 2.11. The highest BCUT2D eigenvalue weighted by Gasteiger charge is 2.20. The van der Waals surface area contributed by atoms with Crippen molar-refractivity contribution in [2.45, 2.75) is 49.3 Å². The predicted molar refractivity (Wildman–Crippen MR) is 129 cm³/mol. The van der Waals surface area contributed by atoms with Gasteiger partial charge in [0.2, 0.25) is 6.79 Å².